The van der Waals surface area contributed by atoms with Gasteiger partial charge in [0.05, 0.1) is 11.9 Å². The van der Waals surface area contributed by atoms with Gasteiger partial charge in [-0.3, -0.25) is 14.3 Å². The normalized spacial score (nSPS) is 10.7. The molecule has 9 heteroatoms. The van der Waals surface area contributed by atoms with Crippen molar-refractivity contribution in [3.8, 4) is 17.2 Å². The van der Waals surface area contributed by atoms with Crippen molar-refractivity contribution in [2.24, 2.45) is 0 Å². The van der Waals surface area contributed by atoms with Gasteiger partial charge in [0.2, 0.25) is 5.91 Å². The number of carbonyl (C=O) groups is 1. The largest absolute Gasteiger partial charge is 0.325 e. The van der Waals surface area contributed by atoms with E-state index < -0.39 is 0 Å². The van der Waals surface area contributed by atoms with Gasteiger partial charge in [-0.2, -0.15) is 0 Å². The Labute approximate surface area is 182 Å². The van der Waals surface area contributed by atoms with Gasteiger partial charge in [-0.05, 0) is 43.3 Å². The molecule has 0 fully saturated rings. The first kappa shape index (κ1) is 20.1. The molecule has 0 aliphatic rings. The van der Waals surface area contributed by atoms with Crippen molar-refractivity contribution in [1.82, 2.24) is 24.7 Å². The Hall–Kier alpha value is -3.23. The lowest BCUT2D eigenvalue weighted by Crippen LogP contribution is -2.14. The molecule has 0 radical (unpaired) electrons. The molecule has 1 N–H and O–H groups in total. The lowest BCUT2D eigenvalue weighted by molar-refractivity contribution is -0.113. The average molecular weight is 437 g/mol. The van der Waals surface area contributed by atoms with E-state index in [1.54, 1.807) is 42.9 Å². The number of hydrogen-bond donors (Lipinski definition) is 1. The van der Waals surface area contributed by atoms with Crippen molar-refractivity contribution in [3.63, 3.8) is 0 Å². The second-order valence-electron chi connectivity index (χ2n) is 6.41. The minimum absolute atomic E-state index is 0.151. The molecule has 7 nitrogen and oxygen atoms in total. The van der Waals surface area contributed by atoms with Gasteiger partial charge in [0.25, 0.3) is 0 Å². The molecule has 2 aromatic carbocycles. The summed E-state index contributed by atoms with van der Waals surface area (Å²) in [6, 6.07) is 15.0. The van der Waals surface area contributed by atoms with E-state index in [4.69, 9.17) is 11.6 Å². The van der Waals surface area contributed by atoms with Gasteiger partial charge in [-0.25, -0.2) is 4.98 Å². The van der Waals surface area contributed by atoms with Crippen molar-refractivity contribution >= 4 is 35.0 Å². The number of anilines is 1. The van der Waals surface area contributed by atoms with Crippen LogP contribution in [0.15, 0.2) is 72.3 Å². The number of thioether (sulfide) groups is 1. The van der Waals surface area contributed by atoms with Gasteiger partial charge in [0.15, 0.2) is 11.0 Å². The fraction of sp³-hybridized carbons (Fsp3) is 0.0952. The first-order valence-electron chi connectivity index (χ1n) is 9.07. The molecule has 0 saturated carbocycles. The summed E-state index contributed by atoms with van der Waals surface area (Å²) in [5.41, 5.74) is 3.31. The summed E-state index contributed by atoms with van der Waals surface area (Å²) < 4.78 is 1.88. The molecule has 2 aromatic heterocycles. The molecule has 2 heterocycles. The summed E-state index contributed by atoms with van der Waals surface area (Å²) in [6.45, 7) is 2.02. The van der Waals surface area contributed by atoms with Crippen LogP contribution in [0.5, 0.6) is 0 Å². The molecule has 1 amide bonds. The van der Waals surface area contributed by atoms with Crippen LogP contribution < -0.4 is 5.32 Å². The molecule has 0 unspecified atom stereocenters. The molecule has 4 aromatic rings. The van der Waals surface area contributed by atoms with E-state index in [0.717, 1.165) is 11.3 Å². The van der Waals surface area contributed by atoms with Crippen LogP contribution >= 0.6 is 23.4 Å². The first-order chi connectivity index (χ1) is 14.6. The Balaban J connectivity index is 1.58. The third-order valence-corrected chi connectivity index (χ3v) is 5.36. The number of aromatic nitrogens is 5. The molecule has 0 atom stereocenters. The zero-order valence-electron chi connectivity index (χ0n) is 16.0. The predicted molar refractivity (Wildman–Crippen MR) is 118 cm³/mol. The Morgan fingerprint density at radius 3 is 2.53 bits per heavy atom. The van der Waals surface area contributed by atoms with E-state index in [2.05, 4.69) is 25.5 Å². The van der Waals surface area contributed by atoms with Crippen LogP contribution in [0.3, 0.4) is 0 Å². The van der Waals surface area contributed by atoms with Gasteiger partial charge >= 0.3 is 0 Å². The third kappa shape index (κ3) is 4.67. The first-order valence-corrected chi connectivity index (χ1v) is 10.4. The van der Waals surface area contributed by atoms with Crippen LogP contribution in [0.25, 0.3) is 17.2 Å². The smallest absolute Gasteiger partial charge is 0.234 e. The van der Waals surface area contributed by atoms with Crippen LogP contribution in [-0.4, -0.2) is 36.4 Å². The molecular formula is C21H17ClN6OS. The summed E-state index contributed by atoms with van der Waals surface area (Å²) >= 11 is 7.18. The number of halogens is 1. The lowest BCUT2D eigenvalue weighted by atomic mass is 10.2. The average Bonchev–Trinajstić information content (AvgIpc) is 3.19. The van der Waals surface area contributed by atoms with Crippen LogP contribution in [0.4, 0.5) is 5.69 Å². The Morgan fingerprint density at radius 1 is 1.07 bits per heavy atom. The van der Waals surface area contributed by atoms with Gasteiger partial charge in [-0.15, -0.1) is 10.2 Å². The van der Waals surface area contributed by atoms with Gasteiger partial charge < -0.3 is 5.32 Å². The lowest BCUT2D eigenvalue weighted by Gasteiger charge is -2.10. The predicted octanol–water partition coefficient (Wildman–Crippen LogP) is 4.42. The summed E-state index contributed by atoms with van der Waals surface area (Å²) in [5, 5.41) is 12.6. The van der Waals surface area contributed by atoms with Crippen molar-refractivity contribution in [1.29, 1.82) is 0 Å². The minimum atomic E-state index is -0.151. The topological polar surface area (TPSA) is 85.6 Å². The highest BCUT2D eigenvalue weighted by Crippen LogP contribution is 2.27. The Morgan fingerprint density at radius 2 is 1.83 bits per heavy atom. The second kappa shape index (κ2) is 9.06. The molecule has 4 rings (SSSR count). The number of benzene rings is 2. The van der Waals surface area contributed by atoms with E-state index >= 15 is 0 Å². The molecule has 0 spiro atoms. The number of rotatable bonds is 6. The number of carbonyl (C=O) groups excluding carboxylic acids is 1. The fourth-order valence-electron chi connectivity index (χ4n) is 2.73. The standard InChI is InChI=1S/C21H17ClN6OS/c1-14-2-8-17(9-3-14)28-20(18-12-23-10-11-24-18)26-27-21(28)30-13-19(29)25-16-6-4-15(22)5-7-16/h2-12H,13H2,1H3,(H,25,29). The number of nitrogens with zero attached hydrogens (tertiary/aromatic N) is 5. The number of nitrogens with one attached hydrogen (secondary N) is 1. The monoisotopic (exact) mass is 436 g/mol. The van der Waals surface area contributed by atoms with Crippen LogP contribution in [0.1, 0.15) is 5.56 Å². The summed E-state index contributed by atoms with van der Waals surface area (Å²) in [4.78, 5) is 20.9. The van der Waals surface area contributed by atoms with Gasteiger partial charge in [0, 0.05) is 28.8 Å². The molecule has 0 bridgehead atoms. The number of hydrogen-bond acceptors (Lipinski definition) is 6. The molecular weight excluding hydrogens is 420 g/mol. The maximum Gasteiger partial charge on any atom is 0.234 e. The maximum atomic E-state index is 12.4. The molecule has 150 valence electrons. The van der Waals surface area contributed by atoms with E-state index in [9.17, 15) is 4.79 Å². The molecule has 30 heavy (non-hydrogen) atoms. The van der Waals surface area contributed by atoms with Gasteiger partial charge in [-0.1, -0.05) is 41.1 Å². The SMILES string of the molecule is Cc1ccc(-n2c(SCC(=O)Nc3ccc(Cl)cc3)nnc2-c2cnccn2)cc1. The highest BCUT2D eigenvalue weighted by Gasteiger charge is 2.18. The van der Waals surface area contributed by atoms with Crippen LogP contribution in [0.2, 0.25) is 5.02 Å². The molecule has 0 aliphatic carbocycles. The van der Waals surface area contributed by atoms with E-state index in [1.165, 1.54) is 11.8 Å². The van der Waals surface area contributed by atoms with Crippen molar-refractivity contribution < 1.29 is 4.79 Å². The summed E-state index contributed by atoms with van der Waals surface area (Å²) in [7, 11) is 0. The van der Waals surface area contributed by atoms with Crippen molar-refractivity contribution in [2.45, 2.75) is 12.1 Å². The minimum Gasteiger partial charge on any atom is -0.325 e. The highest BCUT2D eigenvalue weighted by molar-refractivity contribution is 7.99. The van der Waals surface area contributed by atoms with Crippen LogP contribution in [0, 0.1) is 6.92 Å². The van der Waals surface area contributed by atoms with E-state index in [0.29, 0.717) is 27.4 Å². The quantitative estimate of drug-likeness (QED) is 0.450. The van der Waals surface area contributed by atoms with Crippen molar-refractivity contribution in [3.05, 3.63) is 77.7 Å². The zero-order valence-corrected chi connectivity index (χ0v) is 17.6. The Kier molecular flexibility index (Phi) is 6.06. The molecule has 0 saturated heterocycles. The van der Waals surface area contributed by atoms with Crippen molar-refractivity contribution in [2.75, 3.05) is 11.1 Å². The number of aryl methyl sites for hydroxylation is 1. The Bertz CT molecular complexity index is 1150. The number of amides is 1. The summed E-state index contributed by atoms with van der Waals surface area (Å²) in [5.74, 6) is 0.585. The third-order valence-electron chi connectivity index (χ3n) is 4.18. The van der Waals surface area contributed by atoms with Crippen LogP contribution in [-0.2, 0) is 4.79 Å². The van der Waals surface area contributed by atoms with E-state index in [1.807, 2.05) is 35.8 Å². The fourth-order valence-corrected chi connectivity index (χ4v) is 3.61. The maximum absolute atomic E-state index is 12.4. The zero-order chi connectivity index (χ0) is 20.9. The second-order valence-corrected chi connectivity index (χ2v) is 7.79. The summed E-state index contributed by atoms with van der Waals surface area (Å²) in [6.07, 6.45) is 4.85. The molecule has 0 aliphatic heterocycles. The van der Waals surface area contributed by atoms with Gasteiger partial charge in [0.1, 0.15) is 5.69 Å². The highest BCUT2D eigenvalue weighted by atomic mass is 35.5. The van der Waals surface area contributed by atoms with E-state index in [-0.39, 0.29) is 11.7 Å².